The van der Waals surface area contributed by atoms with Crippen LogP contribution in [0.3, 0.4) is 0 Å². The van der Waals surface area contributed by atoms with Gasteiger partial charge in [-0.1, -0.05) is 6.07 Å². The van der Waals surface area contributed by atoms with Gasteiger partial charge < -0.3 is 5.73 Å². The second-order valence-corrected chi connectivity index (χ2v) is 4.15. The SMILES string of the molecule is CN1C(=O)CC(c2cccs2)N=C1N. The molecule has 0 aromatic carbocycles. The monoisotopic (exact) mass is 209 g/mol. The van der Waals surface area contributed by atoms with Crippen molar-refractivity contribution in [3.05, 3.63) is 22.4 Å². The van der Waals surface area contributed by atoms with E-state index < -0.39 is 0 Å². The summed E-state index contributed by atoms with van der Waals surface area (Å²) in [4.78, 5) is 18.2. The fourth-order valence-corrected chi connectivity index (χ4v) is 2.13. The van der Waals surface area contributed by atoms with Crippen LogP contribution in [0.5, 0.6) is 0 Å². The molecule has 0 fully saturated rings. The van der Waals surface area contributed by atoms with Gasteiger partial charge in [0.2, 0.25) is 5.91 Å². The van der Waals surface area contributed by atoms with E-state index >= 15 is 0 Å². The Labute approximate surface area is 86.0 Å². The predicted molar refractivity (Wildman–Crippen MR) is 56.1 cm³/mol. The van der Waals surface area contributed by atoms with E-state index in [1.165, 1.54) is 4.90 Å². The Morgan fingerprint density at radius 2 is 2.50 bits per heavy atom. The predicted octanol–water partition coefficient (Wildman–Crippen LogP) is 0.966. The summed E-state index contributed by atoms with van der Waals surface area (Å²) in [6, 6.07) is 3.85. The largest absolute Gasteiger partial charge is 0.369 e. The lowest BCUT2D eigenvalue weighted by atomic mass is 10.1. The van der Waals surface area contributed by atoms with Crippen molar-refractivity contribution in [3.63, 3.8) is 0 Å². The van der Waals surface area contributed by atoms with Gasteiger partial charge in [0.15, 0.2) is 5.96 Å². The summed E-state index contributed by atoms with van der Waals surface area (Å²) < 4.78 is 0. The summed E-state index contributed by atoms with van der Waals surface area (Å²) in [5.74, 6) is 0.329. The third-order valence-electron chi connectivity index (χ3n) is 2.25. The van der Waals surface area contributed by atoms with E-state index in [2.05, 4.69) is 4.99 Å². The van der Waals surface area contributed by atoms with Gasteiger partial charge in [-0.2, -0.15) is 0 Å². The zero-order chi connectivity index (χ0) is 10.1. The van der Waals surface area contributed by atoms with Crippen LogP contribution in [0.15, 0.2) is 22.5 Å². The van der Waals surface area contributed by atoms with Gasteiger partial charge in [-0.05, 0) is 11.4 Å². The van der Waals surface area contributed by atoms with Gasteiger partial charge in [0, 0.05) is 11.9 Å². The molecule has 0 aliphatic carbocycles. The minimum atomic E-state index is -0.0845. The molecule has 0 bridgehead atoms. The third kappa shape index (κ3) is 1.50. The number of carbonyl (C=O) groups is 1. The Hall–Kier alpha value is -1.36. The molecule has 1 amide bonds. The first kappa shape index (κ1) is 9.21. The summed E-state index contributed by atoms with van der Waals surface area (Å²) in [6.45, 7) is 0. The molecule has 1 unspecified atom stereocenters. The standard InChI is InChI=1S/C9H11N3OS/c1-12-8(13)5-6(11-9(12)10)7-3-2-4-14-7/h2-4,6H,5H2,1H3,(H2,10,11). The maximum Gasteiger partial charge on any atom is 0.231 e. The van der Waals surface area contributed by atoms with Gasteiger partial charge in [-0.15, -0.1) is 11.3 Å². The smallest absolute Gasteiger partial charge is 0.231 e. The Bertz CT molecular complexity index is 371. The van der Waals surface area contributed by atoms with Crippen molar-refractivity contribution >= 4 is 23.2 Å². The molecular weight excluding hydrogens is 198 g/mol. The quantitative estimate of drug-likeness (QED) is 0.749. The molecule has 1 aromatic heterocycles. The van der Waals surface area contributed by atoms with E-state index in [0.29, 0.717) is 12.4 Å². The highest BCUT2D eigenvalue weighted by atomic mass is 32.1. The number of rotatable bonds is 1. The summed E-state index contributed by atoms with van der Waals surface area (Å²) >= 11 is 1.60. The molecule has 5 heteroatoms. The molecule has 1 atom stereocenters. The van der Waals surface area contributed by atoms with Gasteiger partial charge >= 0.3 is 0 Å². The van der Waals surface area contributed by atoms with Crippen LogP contribution in [-0.2, 0) is 4.79 Å². The highest BCUT2D eigenvalue weighted by Gasteiger charge is 2.25. The lowest BCUT2D eigenvalue weighted by molar-refractivity contribution is -0.127. The molecular formula is C9H11N3OS. The minimum Gasteiger partial charge on any atom is -0.369 e. The van der Waals surface area contributed by atoms with Gasteiger partial charge in [0.25, 0.3) is 0 Å². The molecule has 1 aliphatic heterocycles. The number of carbonyl (C=O) groups excluding carboxylic acids is 1. The first-order valence-corrected chi connectivity index (χ1v) is 5.19. The zero-order valence-corrected chi connectivity index (χ0v) is 8.62. The molecule has 74 valence electrons. The summed E-state index contributed by atoms with van der Waals surface area (Å²) in [6.07, 6.45) is 0.414. The summed E-state index contributed by atoms with van der Waals surface area (Å²) in [5.41, 5.74) is 5.62. The lowest BCUT2D eigenvalue weighted by Crippen LogP contribution is -2.42. The third-order valence-corrected chi connectivity index (χ3v) is 3.22. The van der Waals surface area contributed by atoms with Crippen molar-refractivity contribution in [2.45, 2.75) is 12.5 Å². The number of thiophene rings is 1. The van der Waals surface area contributed by atoms with E-state index in [1.54, 1.807) is 18.4 Å². The second-order valence-electron chi connectivity index (χ2n) is 3.18. The summed E-state index contributed by atoms with van der Waals surface area (Å²) in [5, 5.41) is 1.98. The molecule has 0 spiro atoms. The van der Waals surface area contributed by atoms with E-state index in [1.807, 2.05) is 17.5 Å². The van der Waals surface area contributed by atoms with Gasteiger partial charge in [0.1, 0.15) is 0 Å². The van der Waals surface area contributed by atoms with Crippen LogP contribution in [-0.4, -0.2) is 23.8 Å². The molecule has 4 nitrogen and oxygen atoms in total. The number of aliphatic imine (C=N–C) groups is 1. The number of hydrogen-bond acceptors (Lipinski definition) is 4. The second kappa shape index (κ2) is 3.42. The van der Waals surface area contributed by atoms with Crippen molar-refractivity contribution < 1.29 is 4.79 Å². The molecule has 0 saturated heterocycles. The summed E-state index contributed by atoms with van der Waals surface area (Å²) in [7, 11) is 1.64. The Balaban J connectivity index is 2.28. The van der Waals surface area contributed by atoms with Gasteiger partial charge in [-0.3, -0.25) is 9.69 Å². The minimum absolute atomic E-state index is 0.0240. The van der Waals surface area contributed by atoms with Crippen molar-refractivity contribution in [3.8, 4) is 0 Å². The number of guanidine groups is 1. The topological polar surface area (TPSA) is 58.7 Å². The highest BCUT2D eigenvalue weighted by Crippen LogP contribution is 2.28. The Morgan fingerprint density at radius 3 is 3.07 bits per heavy atom. The molecule has 1 aliphatic rings. The average Bonchev–Trinajstić information content (AvgIpc) is 2.66. The molecule has 2 heterocycles. The zero-order valence-electron chi connectivity index (χ0n) is 7.80. The fraction of sp³-hybridized carbons (Fsp3) is 0.333. The van der Waals surface area contributed by atoms with Crippen LogP contribution in [0.1, 0.15) is 17.3 Å². The van der Waals surface area contributed by atoms with Gasteiger partial charge in [-0.25, -0.2) is 4.99 Å². The number of nitrogens with two attached hydrogens (primary N) is 1. The van der Waals surface area contributed by atoms with Crippen molar-refractivity contribution in [2.24, 2.45) is 10.7 Å². The van der Waals surface area contributed by atoms with Crippen LogP contribution in [0.4, 0.5) is 0 Å². The first-order chi connectivity index (χ1) is 6.68. The molecule has 0 radical (unpaired) electrons. The molecule has 2 rings (SSSR count). The Morgan fingerprint density at radius 1 is 1.71 bits per heavy atom. The van der Waals surface area contributed by atoms with Crippen molar-refractivity contribution in [1.29, 1.82) is 0 Å². The lowest BCUT2D eigenvalue weighted by Gasteiger charge is -2.24. The highest BCUT2D eigenvalue weighted by molar-refractivity contribution is 7.10. The van der Waals surface area contributed by atoms with Crippen LogP contribution < -0.4 is 5.73 Å². The van der Waals surface area contributed by atoms with Gasteiger partial charge in [0.05, 0.1) is 12.5 Å². The van der Waals surface area contributed by atoms with Crippen LogP contribution in [0, 0.1) is 0 Å². The van der Waals surface area contributed by atoms with E-state index in [-0.39, 0.29) is 11.9 Å². The first-order valence-electron chi connectivity index (χ1n) is 4.31. The average molecular weight is 209 g/mol. The van der Waals surface area contributed by atoms with Crippen molar-refractivity contribution in [2.75, 3.05) is 7.05 Å². The number of nitrogens with zero attached hydrogens (tertiary/aromatic N) is 2. The van der Waals surface area contributed by atoms with E-state index in [9.17, 15) is 4.79 Å². The van der Waals surface area contributed by atoms with Crippen molar-refractivity contribution in [1.82, 2.24) is 4.90 Å². The van der Waals surface area contributed by atoms with Crippen LogP contribution in [0.25, 0.3) is 0 Å². The molecule has 0 saturated carbocycles. The van der Waals surface area contributed by atoms with E-state index in [0.717, 1.165) is 4.88 Å². The maximum atomic E-state index is 11.5. The fourth-order valence-electron chi connectivity index (χ4n) is 1.37. The number of hydrogen-bond donors (Lipinski definition) is 1. The normalized spacial score (nSPS) is 22.4. The van der Waals surface area contributed by atoms with Crippen LogP contribution >= 0.6 is 11.3 Å². The van der Waals surface area contributed by atoms with E-state index in [4.69, 9.17) is 5.73 Å². The molecule has 2 N–H and O–H groups in total. The number of amides is 1. The Kier molecular flexibility index (Phi) is 2.25. The maximum absolute atomic E-state index is 11.5. The molecule has 14 heavy (non-hydrogen) atoms. The van der Waals surface area contributed by atoms with Crippen LogP contribution in [0.2, 0.25) is 0 Å². The molecule has 1 aromatic rings.